The monoisotopic (exact) mass is 1050 g/mol. The smallest absolute Gasteiger partial charge is 0.335 e. The van der Waals surface area contributed by atoms with Crippen LogP contribution in [0.15, 0.2) is 72.9 Å². The van der Waals surface area contributed by atoms with E-state index in [0.717, 1.165) is 116 Å². The lowest BCUT2D eigenvalue weighted by molar-refractivity contribution is -0.301. The minimum Gasteiger partial charge on any atom is -0.479 e. The van der Waals surface area contributed by atoms with Crippen LogP contribution in [0.25, 0.3) is 0 Å². The van der Waals surface area contributed by atoms with E-state index in [1.54, 1.807) is 0 Å². The number of carboxylic acid groups (broad SMARTS) is 1. The van der Waals surface area contributed by atoms with Crippen LogP contribution < -0.4 is 0 Å². The number of ether oxygens (including phenoxy) is 5. The lowest BCUT2D eigenvalue weighted by Crippen LogP contribution is -2.61. The summed E-state index contributed by atoms with van der Waals surface area (Å²) in [7, 11) is 0. The Hall–Kier alpha value is -3.84. The van der Waals surface area contributed by atoms with Crippen LogP contribution in [0, 0.1) is 0 Å². The second-order valence-corrected chi connectivity index (χ2v) is 20.2. The molecule has 0 bridgehead atoms. The third kappa shape index (κ3) is 41.0. The Labute approximate surface area is 455 Å². The highest BCUT2D eigenvalue weighted by Crippen LogP contribution is 2.26. The SMILES string of the molecule is CC/C=C\C/C=C\C/C=C\CCCCCCCCCC(=O)OCC(COC1OC(C(=O)O)C(O)C(O)C1OC(=O)CCCCC/C=C\C/C=C\C/C=C\CC)OC(=O)CCCCCCCCCCCCCCCCC. The average molecular weight is 1060 g/mol. The lowest BCUT2D eigenvalue weighted by atomic mass is 9.98. The van der Waals surface area contributed by atoms with Gasteiger partial charge in [0.1, 0.15) is 18.8 Å². The van der Waals surface area contributed by atoms with Crippen LogP contribution >= 0.6 is 0 Å². The molecule has 6 atom stereocenters. The Morgan fingerprint density at radius 3 is 1.29 bits per heavy atom. The molecule has 0 aromatic heterocycles. The van der Waals surface area contributed by atoms with E-state index in [9.17, 15) is 34.5 Å². The third-order valence-electron chi connectivity index (χ3n) is 13.3. The van der Waals surface area contributed by atoms with Gasteiger partial charge in [-0.05, 0) is 83.5 Å². The van der Waals surface area contributed by atoms with E-state index in [4.69, 9.17) is 23.7 Å². The Morgan fingerprint density at radius 2 is 0.840 bits per heavy atom. The van der Waals surface area contributed by atoms with Crippen LogP contribution in [0.1, 0.15) is 252 Å². The van der Waals surface area contributed by atoms with Gasteiger partial charge in [0.25, 0.3) is 0 Å². The minimum atomic E-state index is -1.91. The topological polar surface area (TPSA) is 175 Å². The minimum absolute atomic E-state index is 0.0237. The molecule has 0 aromatic rings. The number of rotatable bonds is 50. The molecular formula is C63H106O12. The van der Waals surface area contributed by atoms with E-state index in [0.29, 0.717) is 19.3 Å². The highest BCUT2D eigenvalue weighted by molar-refractivity contribution is 5.74. The van der Waals surface area contributed by atoms with Crippen molar-refractivity contribution in [2.45, 2.75) is 289 Å². The second kappa shape index (κ2) is 50.9. The highest BCUT2D eigenvalue weighted by Gasteiger charge is 2.50. The van der Waals surface area contributed by atoms with Crippen LogP contribution in [0.2, 0.25) is 0 Å². The summed E-state index contributed by atoms with van der Waals surface area (Å²) >= 11 is 0. The summed E-state index contributed by atoms with van der Waals surface area (Å²) in [5, 5.41) is 31.5. The normalized spacial score (nSPS) is 18.7. The predicted molar refractivity (Wildman–Crippen MR) is 303 cm³/mol. The van der Waals surface area contributed by atoms with Gasteiger partial charge in [-0.2, -0.15) is 0 Å². The lowest BCUT2D eigenvalue weighted by Gasteiger charge is -2.40. The molecule has 75 heavy (non-hydrogen) atoms. The van der Waals surface area contributed by atoms with E-state index < -0.39 is 67.3 Å². The first-order valence-electron chi connectivity index (χ1n) is 29.9. The molecule has 430 valence electrons. The van der Waals surface area contributed by atoms with Crippen LogP contribution in [0.3, 0.4) is 0 Å². The molecule has 0 radical (unpaired) electrons. The van der Waals surface area contributed by atoms with E-state index in [-0.39, 0.29) is 25.9 Å². The average Bonchev–Trinajstić information content (AvgIpc) is 3.39. The first-order chi connectivity index (χ1) is 36.6. The predicted octanol–water partition coefficient (Wildman–Crippen LogP) is 15.3. The fourth-order valence-electron chi connectivity index (χ4n) is 8.75. The quantitative estimate of drug-likeness (QED) is 0.0228. The van der Waals surface area contributed by atoms with Crippen molar-refractivity contribution in [3.8, 4) is 0 Å². The molecule has 0 aromatic carbocycles. The highest BCUT2D eigenvalue weighted by atomic mass is 16.7. The zero-order chi connectivity index (χ0) is 54.7. The van der Waals surface area contributed by atoms with Crippen molar-refractivity contribution in [2.24, 2.45) is 0 Å². The number of hydrogen-bond donors (Lipinski definition) is 3. The summed E-state index contributed by atoms with van der Waals surface area (Å²) < 4.78 is 28.4. The molecule has 0 saturated carbocycles. The number of carbonyl (C=O) groups is 4. The van der Waals surface area contributed by atoms with E-state index in [1.165, 1.54) is 77.0 Å². The van der Waals surface area contributed by atoms with E-state index >= 15 is 0 Å². The molecule has 1 rings (SSSR count). The molecule has 1 aliphatic rings. The van der Waals surface area contributed by atoms with Gasteiger partial charge in [0.05, 0.1) is 6.61 Å². The number of allylic oxidation sites excluding steroid dienone is 12. The van der Waals surface area contributed by atoms with Crippen molar-refractivity contribution in [1.29, 1.82) is 0 Å². The number of carbonyl (C=O) groups excluding carboxylic acids is 3. The maximum atomic E-state index is 13.2. The second-order valence-electron chi connectivity index (χ2n) is 20.2. The standard InChI is InChI=1S/C63H106O12/c1-4-7-10-13-16-19-22-25-27-28-30-32-34-37-40-43-46-49-55(64)71-52-54(73-56(65)50-47-44-41-38-36-33-29-26-23-20-17-14-11-8-5-2)53-72-63-61(59(68)58(67)60(75-63)62(69)70)74-57(66)51-48-45-42-39-35-31-24-21-18-15-12-9-6-3/h7,9-10,12,16,18-19,21,25,27,31,35,54,58-61,63,67-68H,4-6,8,11,13-15,17,20,22-24,26,28-30,32-34,36-53H2,1-3H3,(H,69,70)/b10-7-,12-9-,19-16-,21-18-,27-25-,35-31-. The van der Waals surface area contributed by atoms with Crippen LogP contribution in [-0.2, 0) is 42.9 Å². The largest absolute Gasteiger partial charge is 0.479 e. The fourth-order valence-corrected chi connectivity index (χ4v) is 8.75. The summed E-state index contributed by atoms with van der Waals surface area (Å²) in [6.45, 7) is 5.76. The summed E-state index contributed by atoms with van der Waals surface area (Å²) in [4.78, 5) is 51.1. The molecule has 1 fully saturated rings. The van der Waals surface area contributed by atoms with Gasteiger partial charge in [-0.3, -0.25) is 14.4 Å². The van der Waals surface area contributed by atoms with Crippen molar-refractivity contribution in [3.05, 3.63) is 72.9 Å². The van der Waals surface area contributed by atoms with Crippen LogP contribution in [0.4, 0.5) is 0 Å². The zero-order valence-corrected chi connectivity index (χ0v) is 47.3. The molecule has 6 unspecified atom stereocenters. The number of unbranched alkanes of at least 4 members (excludes halogenated alkanes) is 24. The number of carboxylic acids is 1. The maximum Gasteiger partial charge on any atom is 0.335 e. The molecule has 12 nitrogen and oxygen atoms in total. The van der Waals surface area contributed by atoms with Gasteiger partial charge in [-0.25, -0.2) is 4.79 Å². The molecule has 1 heterocycles. The molecule has 3 N–H and O–H groups in total. The molecule has 0 spiro atoms. The van der Waals surface area contributed by atoms with Crippen molar-refractivity contribution >= 4 is 23.9 Å². The molecular weight excluding hydrogens is 949 g/mol. The first-order valence-corrected chi connectivity index (χ1v) is 29.9. The number of hydrogen-bond acceptors (Lipinski definition) is 11. The zero-order valence-electron chi connectivity index (χ0n) is 47.3. The summed E-state index contributed by atoms with van der Waals surface area (Å²) in [5.41, 5.74) is 0. The molecule has 0 aliphatic carbocycles. The van der Waals surface area contributed by atoms with Crippen molar-refractivity contribution in [3.63, 3.8) is 0 Å². The van der Waals surface area contributed by atoms with Crippen molar-refractivity contribution in [1.82, 2.24) is 0 Å². The Balaban J connectivity index is 2.70. The molecule has 1 saturated heterocycles. The van der Waals surface area contributed by atoms with Crippen LogP contribution in [-0.4, -0.2) is 89.2 Å². The summed E-state index contributed by atoms with van der Waals surface area (Å²) in [6.07, 6.45) is 51.6. The van der Waals surface area contributed by atoms with Gasteiger partial charge in [0.2, 0.25) is 0 Å². The molecule has 0 amide bonds. The third-order valence-corrected chi connectivity index (χ3v) is 13.3. The summed E-state index contributed by atoms with van der Waals surface area (Å²) in [6, 6.07) is 0. The maximum absolute atomic E-state index is 13.2. The van der Waals surface area contributed by atoms with Gasteiger partial charge in [-0.1, -0.05) is 222 Å². The number of aliphatic hydroxyl groups is 2. The fraction of sp³-hybridized carbons (Fsp3) is 0.746. The van der Waals surface area contributed by atoms with Gasteiger partial charge in [0.15, 0.2) is 24.6 Å². The van der Waals surface area contributed by atoms with E-state index in [2.05, 4.69) is 93.7 Å². The number of esters is 3. The molecule has 12 heteroatoms. The molecule has 1 aliphatic heterocycles. The van der Waals surface area contributed by atoms with Gasteiger partial charge >= 0.3 is 23.9 Å². The Morgan fingerprint density at radius 1 is 0.453 bits per heavy atom. The van der Waals surface area contributed by atoms with Crippen molar-refractivity contribution < 1.29 is 58.2 Å². The van der Waals surface area contributed by atoms with Gasteiger partial charge < -0.3 is 39.0 Å². The van der Waals surface area contributed by atoms with Gasteiger partial charge in [0, 0.05) is 19.3 Å². The summed E-state index contributed by atoms with van der Waals surface area (Å²) in [5.74, 6) is -3.16. The number of aliphatic carboxylic acids is 1. The van der Waals surface area contributed by atoms with Gasteiger partial charge in [-0.15, -0.1) is 0 Å². The van der Waals surface area contributed by atoms with E-state index in [1.807, 2.05) is 0 Å². The van der Waals surface area contributed by atoms with Crippen molar-refractivity contribution in [2.75, 3.05) is 13.2 Å². The Bertz CT molecular complexity index is 1580. The number of aliphatic hydroxyl groups excluding tert-OH is 2. The first kappa shape index (κ1) is 69.2. The Kier molecular flexibility index (Phi) is 47.0. The van der Waals surface area contributed by atoms with Crippen LogP contribution in [0.5, 0.6) is 0 Å².